The zero-order valence-electron chi connectivity index (χ0n) is 10.7. The maximum atomic E-state index is 12.2. The summed E-state index contributed by atoms with van der Waals surface area (Å²) in [7, 11) is 0. The number of carbonyl (C=O) groups is 1. The first kappa shape index (κ1) is 12.2. The molecule has 0 aliphatic carbocycles. The van der Waals surface area contributed by atoms with Crippen LogP contribution in [0.5, 0.6) is 17.2 Å². The molecule has 5 nitrogen and oxygen atoms in total. The lowest BCUT2D eigenvalue weighted by atomic mass is 10.2. The standard InChI is InChI=1S/C15H9NO4S/c17-15(9-1-3-11-14(5-9)21-7-16-11)20-10-2-4-12-13(6-10)19-8-18-12/h1-7H,8H2. The average Bonchev–Trinajstić information content (AvgIpc) is 3.14. The first-order chi connectivity index (χ1) is 10.3. The zero-order chi connectivity index (χ0) is 14.2. The van der Waals surface area contributed by atoms with E-state index in [2.05, 4.69) is 4.98 Å². The van der Waals surface area contributed by atoms with Gasteiger partial charge in [0.25, 0.3) is 0 Å². The van der Waals surface area contributed by atoms with Crippen molar-refractivity contribution < 1.29 is 19.0 Å². The van der Waals surface area contributed by atoms with Gasteiger partial charge in [-0.2, -0.15) is 0 Å². The highest BCUT2D eigenvalue weighted by Gasteiger charge is 2.16. The molecule has 0 unspecified atom stereocenters. The molecule has 0 radical (unpaired) electrons. The Hall–Kier alpha value is -2.60. The number of hydrogen-bond acceptors (Lipinski definition) is 6. The minimum Gasteiger partial charge on any atom is -0.454 e. The summed E-state index contributed by atoms with van der Waals surface area (Å²) >= 11 is 1.49. The fraction of sp³-hybridized carbons (Fsp3) is 0.0667. The topological polar surface area (TPSA) is 57.7 Å². The van der Waals surface area contributed by atoms with Gasteiger partial charge in [0.05, 0.1) is 21.3 Å². The van der Waals surface area contributed by atoms with E-state index in [0.29, 0.717) is 22.8 Å². The summed E-state index contributed by atoms with van der Waals surface area (Å²) in [4.78, 5) is 16.3. The number of benzene rings is 2. The molecule has 0 atom stereocenters. The van der Waals surface area contributed by atoms with E-state index in [9.17, 15) is 4.79 Å². The minimum absolute atomic E-state index is 0.189. The molecule has 0 amide bonds. The van der Waals surface area contributed by atoms with Gasteiger partial charge < -0.3 is 14.2 Å². The molecule has 0 saturated heterocycles. The summed E-state index contributed by atoms with van der Waals surface area (Å²) < 4.78 is 16.8. The predicted octanol–water partition coefficient (Wildman–Crippen LogP) is 3.24. The van der Waals surface area contributed by atoms with Gasteiger partial charge in [0.2, 0.25) is 6.79 Å². The average molecular weight is 299 g/mol. The highest BCUT2D eigenvalue weighted by Crippen LogP contribution is 2.35. The van der Waals surface area contributed by atoms with E-state index in [1.165, 1.54) is 11.3 Å². The monoisotopic (exact) mass is 299 g/mol. The van der Waals surface area contributed by atoms with Crippen molar-refractivity contribution in [2.24, 2.45) is 0 Å². The third kappa shape index (κ3) is 2.19. The Balaban J connectivity index is 1.60. The molecule has 1 aromatic heterocycles. The third-order valence-corrected chi connectivity index (χ3v) is 3.91. The van der Waals surface area contributed by atoms with Crippen LogP contribution in [0.1, 0.15) is 10.4 Å². The van der Waals surface area contributed by atoms with Crippen molar-refractivity contribution >= 4 is 27.5 Å². The van der Waals surface area contributed by atoms with Crippen LogP contribution in [-0.4, -0.2) is 17.7 Å². The van der Waals surface area contributed by atoms with Gasteiger partial charge in [-0.3, -0.25) is 0 Å². The van der Waals surface area contributed by atoms with E-state index in [4.69, 9.17) is 14.2 Å². The molecule has 0 N–H and O–H groups in total. The fourth-order valence-corrected chi connectivity index (χ4v) is 2.80. The lowest BCUT2D eigenvalue weighted by Gasteiger charge is -2.05. The van der Waals surface area contributed by atoms with E-state index in [0.717, 1.165) is 10.2 Å². The van der Waals surface area contributed by atoms with Gasteiger partial charge in [0, 0.05) is 6.07 Å². The van der Waals surface area contributed by atoms with Crippen LogP contribution in [0.25, 0.3) is 10.2 Å². The van der Waals surface area contributed by atoms with Crippen molar-refractivity contribution in [3.05, 3.63) is 47.5 Å². The molecule has 0 bridgehead atoms. The Morgan fingerprint density at radius 1 is 1.14 bits per heavy atom. The number of carbonyl (C=O) groups excluding carboxylic acids is 1. The van der Waals surface area contributed by atoms with Crippen molar-refractivity contribution in [3.63, 3.8) is 0 Å². The first-order valence-corrected chi connectivity index (χ1v) is 7.13. The second-order valence-corrected chi connectivity index (χ2v) is 5.33. The van der Waals surface area contributed by atoms with E-state index < -0.39 is 5.97 Å². The van der Waals surface area contributed by atoms with Gasteiger partial charge in [-0.05, 0) is 30.3 Å². The van der Waals surface area contributed by atoms with Crippen molar-refractivity contribution in [2.45, 2.75) is 0 Å². The molecule has 1 aliphatic rings. The van der Waals surface area contributed by atoms with E-state index in [1.807, 2.05) is 6.07 Å². The summed E-state index contributed by atoms with van der Waals surface area (Å²) in [5, 5.41) is 0. The highest BCUT2D eigenvalue weighted by molar-refractivity contribution is 7.16. The number of rotatable bonds is 2. The second-order valence-electron chi connectivity index (χ2n) is 4.44. The summed E-state index contributed by atoms with van der Waals surface area (Å²) in [6, 6.07) is 10.3. The van der Waals surface area contributed by atoms with Gasteiger partial charge in [0.1, 0.15) is 5.75 Å². The van der Waals surface area contributed by atoms with Crippen LogP contribution in [0.4, 0.5) is 0 Å². The Bertz CT molecular complexity index is 843. The highest BCUT2D eigenvalue weighted by atomic mass is 32.1. The molecular formula is C15H9NO4S. The number of hydrogen-bond donors (Lipinski definition) is 0. The molecule has 4 rings (SSSR count). The lowest BCUT2D eigenvalue weighted by Crippen LogP contribution is -2.08. The van der Waals surface area contributed by atoms with Crippen LogP contribution >= 0.6 is 11.3 Å². The van der Waals surface area contributed by atoms with Crippen LogP contribution in [-0.2, 0) is 0 Å². The largest absolute Gasteiger partial charge is 0.454 e. The number of ether oxygens (including phenoxy) is 3. The zero-order valence-corrected chi connectivity index (χ0v) is 11.6. The minimum atomic E-state index is -0.413. The number of nitrogens with zero attached hydrogens (tertiary/aromatic N) is 1. The molecule has 0 fully saturated rings. The van der Waals surface area contributed by atoms with Crippen molar-refractivity contribution in [2.75, 3.05) is 6.79 Å². The first-order valence-electron chi connectivity index (χ1n) is 6.25. The molecule has 2 aromatic carbocycles. The Kier molecular flexibility index (Phi) is 2.75. The van der Waals surface area contributed by atoms with Crippen LogP contribution in [0, 0.1) is 0 Å². The van der Waals surface area contributed by atoms with Gasteiger partial charge >= 0.3 is 5.97 Å². The fourth-order valence-electron chi connectivity index (χ4n) is 2.09. The molecular weight excluding hydrogens is 290 g/mol. The SMILES string of the molecule is O=C(Oc1ccc2c(c1)OCO2)c1ccc2ncsc2c1. The van der Waals surface area contributed by atoms with E-state index >= 15 is 0 Å². The summed E-state index contributed by atoms with van der Waals surface area (Å²) in [6.07, 6.45) is 0. The lowest BCUT2D eigenvalue weighted by molar-refractivity contribution is 0.0735. The number of aromatic nitrogens is 1. The second kappa shape index (κ2) is 4.75. The molecule has 1 aliphatic heterocycles. The number of esters is 1. The summed E-state index contributed by atoms with van der Waals surface area (Å²) in [5.41, 5.74) is 3.11. The van der Waals surface area contributed by atoms with Gasteiger partial charge in [-0.15, -0.1) is 11.3 Å². The smallest absolute Gasteiger partial charge is 0.343 e. The van der Waals surface area contributed by atoms with E-state index in [-0.39, 0.29) is 6.79 Å². The molecule has 0 saturated carbocycles. The molecule has 21 heavy (non-hydrogen) atoms. The number of fused-ring (bicyclic) bond motifs is 2. The maximum Gasteiger partial charge on any atom is 0.343 e. The molecule has 6 heteroatoms. The van der Waals surface area contributed by atoms with E-state index in [1.54, 1.807) is 35.8 Å². The molecule has 0 spiro atoms. The predicted molar refractivity (Wildman–Crippen MR) is 77.1 cm³/mol. The van der Waals surface area contributed by atoms with Crippen LogP contribution in [0.3, 0.4) is 0 Å². The van der Waals surface area contributed by atoms with Crippen molar-refractivity contribution in [1.29, 1.82) is 0 Å². The van der Waals surface area contributed by atoms with Crippen molar-refractivity contribution in [3.8, 4) is 17.2 Å². The summed E-state index contributed by atoms with van der Waals surface area (Å²) in [5.74, 6) is 1.25. The molecule has 3 aromatic rings. The Morgan fingerprint density at radius 3 is 3.00 bits per heavy atom. The van der Waals surface area contributed by atoms with Gasteiger partial charge in [-0.1, -0.05) is 0 Å². The number of thiazole rings is 1. The van der Waals surface area contributed by atoms with Crippen LogP contribution in [0.2, 0.25) is 0 Å². The maximum absolute atomic E-state index is 12.2. The van der Waals surface area contributed by atoms with Crippen LogP contribution < -0.4 is 14.2 Å². The quantitative estimate of drug-likeness (QED) is 0.537. The molecule has 2 heterocycles. The normalized spacial score (nSPS) is 12.6. The Labute approximate surface area is 123 Å². The Morgan fingerprint density at radius 2 is 2.05 bits per heavy atom. The summed E-state index contributed by atoms with van der Waals surface area (Å²) in [6.45, 7) is 0.189. The van der Waals surface area contributed by atoms with Crippen LogP contribution in [0.15, 0.2) is 41.9 Å². The third-order valence-electron chi connectivity index (χ3n) is 3.12. The van der Waals surface area contributed by atoms with Gasteiger partial charge in [-0.25, -0.2) is 9.78 Å². The van der Waals surface area contributed by atoms with Crippen molar-refractivity contribution in [1.82, 2.24) is 4.98 Å². The molecule has 104 valence electrons. The van der Waals surface area contributed by atoms with Gasteiger partial charge in [0.15, 0.2) is 11.5 Å².